The molecular formula is C22H25NO6. The smallest absolute Gasteiger partial charge is 0.344 e. The minimum atomic E-state index is -0.585. The zero-order chi connectivity index (χ0) is 20.8. The lowest BCUT2D eigenvalue weighted by Crippen LogP contribution is -2.34. The zero-order valence-corrected chi connectivity index (χ0v) is 16.9. The van der Waals surface area contributed by atoms with Gasteiger partial charge in [-0.1, -0.05) is 18.2 Å². The predicted molar refractivity (Wildman–Crippen MR) is 106 cm³/mol. The molecule has 3 rings (SSSR count). The van der Waals surface area contributed by atoms with E-state index in [0.29, 0.717) is 30.3 Å². The van der Waals surface area contributed by atoms with Crippen LogP contribution in [0.2, 0.25) is 0 Å². The highest BCUT2D eigenvalue weighted by molar-refractivity contribution is 5.81. The summed E-state index contributed by atoms with van der Waals surface area (Å²) in [6.45, 7) is 6.28. The maximum Gasteiger partial charge on any atom is 0.344 e. The van der Waals surface area contributed by atoms with Gasteiger partial charge in [0.05, 0.1) is 0 Å². The quantitative estimate of drug-likeness (QED) is 0.636. The van der Waals surface area contributed by atoms with Gasteiger partial charge in [-0.25, -0.2) is 4.79 Å². The Balaban J connectivity index is 1.48. The molecule has 0 aliphatic carbocycles. The second-order valence-corrected chi connectivity index (χ2v) is 6.74. The number of esters is 1. The molecule has 0 radical (unpaired) electrons. The third-order valence-corrected chi connectivity index (χ3v) is 4.80. The lowest BCUT2D eigenvalue weighted by molar-refractivity contribution is -0.153. The molecule has 0 fully saturated rings. The van der Waals surface area contributed by atoms with Crippen LogP contribution in [0, 0.1) is 13.8 Å². The van der Waals surface area contributed by atoms with Crippen LogP contribution < -0.4 is 14.2 Å². The van der Waals surface area contributed by atoms with Crippen molar-refractivity contribution in [2.24, 2.45) is 0 Å². The minimum absolute atomic E-state index is 0.204. The number of fused-ring (bicyclic) bond motifs is 1. The Morgan fingerprint density at radius 1 is 1.07 bits per heavy atom. The molecule has 0 saturated carbocycles. The number of hydrogen-bond acceptors (Lipinski definition) is 6. The number of hydrogen-bond donors (Lipinski definition) is 0. The average molecular weight is 399 g/mol. The van der Waals surface area contributed by atoms with E-state index < -0.39 is 5.97 Å². The van der Waals surface area contributed by atoms with Crippen LogP contribution in [0.25, 0.3) is 0 Å². The van der Waals surface area contributed by atoms with Crippen LogP contribution in [0.15, 0.2) is 36.4 Å². The van der Waals surface area contributed by atoms with Gasteiger partial charge in [-0.3, -0.25) is 4.79 Å². The maximum absolute atomic E-state index is 12.4. The normalized spacial score (nSPS) is 11.8. The van der Waals surface area contributed by atoms with Gasteiger partial charge in [0, 0.05) is 13.1 Å². The van der Waals surface area contributed by atoms with E-state index in [1.807, 2.05) is 51.1 Å². The van der Waals surface area contributed by atoms with Gasteiger partial charge < -0.3 is 23.8 Å². The average Bonchev–Trinajstić information content (AvgIpc) is 3.19. The predicted octanol–water partition coefficient (Wildman–Crippen LogP) is 3.00. The number of ether oxygens (including phenoxy) is 4. The second kappa shape index (κ2) is 9.32. The highest BCUT2D eigenvalue weighted by Gasteiger charge is 2.18. The molecule has 7 nitrogen and oxygen atoms in total. The number of carbonyl (C=O) groups excluding carboxylic acids is 2. The Labute approximate surface area is 170 Å². The van der Waals surface area contributed by atoms with Gasteiger partial charge >= 0.3 is 5.97 Å². The highest BCUT2D eigenvalue weighted by Crippen LogP contribution is 2.32. The molecule has 2 aromatic rings. The van der Waals surface area contributed by atoms with Crippen LogP contribution in [0.1, 0.15) is 23.6 Å². The number of likely N-dealkylation sites (N-methyl/N-ethyl adjacent to an activating group) is 1. The standard InChI is InChI=1S/C22H25NO6/c1-4-23(11-17-8-9-19-20(10-17)29-14-28-19)21(24)12-27-22(25)13-26-18-7-5-6-15(2)16(18)3/h5-10H,4,11-14H2,1-3H3. The first-order valence-corrected chi connectivity index (χ1v) is 9.49. The molecule has 1 heterocycles. The van der Waals surface area contributed by atoms with Crippen molar-refractivity contribution < 1.29 is 28.5 Å². The summed E-state index contributed by atoms with van der Waals surface area (Å²) >= 11 is 0. The number of amides is 1. The van der Waals surface area contributed by atoms with E-state index in [1.165, 1.54) is 0 Å². The summed E-state index contributed by atoms with van der Waals surface area (Å²) in [5.41, 5.74) is 2.96. The fourth-order valence-electron chi connectivity index (χ4n) is 2.93. The molecule has 0 bridgehead atoms. The maximum atomic E-state index is 12.4. The Kier molecular flexibility index (Phi) is 6.59. The fraction of sp³-hybridized carbons (Fsp3) is 0.364. The Hall–Kier alpha value is -3.22. The minimum Gasteiger partial charge on any atom is -0.482 e. The highest BCUT2D eigenvalue weighted by atomic mass is 16.7. The van der Waals surface area contributed by atoms with Gasteiger partial charge in [-0.2, -0.15) is 0 Å². The monoisotopic (exact) mass is 399 g/mol. The van der Waals surface area contributed by atoms with Crippen molar-refractivity contribution in [3.05, 3.63) is 53.1 Å². The topological polar surface area (TPSA) is 74.3 Å². The van der Waals surface area contributed by atoms with Crippen molar-refractivity contribution in [2.75, 3.05) is 26.6 Å². The van der Waals surface area contributed by atoms with Crippen LogP contribution in [-0.2, 0) is 20.9 Å². The van der Waals surface area contributed by atoms with E-state index in [-0.39, 0.29) is 25.9 Å². The lowest BCUT2D eigenvalue weighted by Gasteiger charge is -2.21. The van der Waals surface area contributed by atoms with Crippen molar-refractivity contribution >= 4 is 11.9 Å². The van der Waals surface area contributed by atoms with Crippen molar-refractivity contribution in [2.45, 2.75) is 27.3 Å². The first-order chi connectivity index (χ1) is 14.0. The van der Waals surface area contributed by atoms with Crippen molar-refractivity contribution in [3.63, 3.8) is 0 Å². The SMILES string of the molecule is CCN(Cc1ccc2c(c1)OCO2)C(=O)COC(=O)COc1cccc(C)c1C. The molecule has 29 heavy (non-hydrogen) atoms. The van der Waals surface area contributed by atoms with Crippen LogP contribution in [0.3, 0.4) is 0 Å². The molecule has 0 saturated heterocycles. The first kappa shape index (κ1) is 20.5. The molecule has 1 aliphatic rings. The van der Waals surface area contributed by atoms with Gasteiger partial charge in [0.25, 0.3) is 5.91 Å². The van der Waals surface area contributed by atoms with Crippen LogP contribution in [0.5, 0.6) is 17.2 Å². The molecule has 1 amide bonds. The summed E-state index contributed by atoms with van der Waals surface area (Å²) in [5, 5.41) is 0. The van der Waals surface area contributed by atoms with Crippen molar-refractivity contribution in [1.29, 1.82) is 0 Å². The van der Waals surface area contributed by atoms with Crippen molar-refractivity contribution in [3.8, 4) is 17.2 Å². The van der Waals surface area contributed by atoms with Gasteiger partial charge in [0.15, 0.2) is 24.7 Å². The molecular weight excluding hydrogens is 374 g/mol. The summed E-state index contributed by atoms with van der Waals surface area (Å²) in [4.78, 5) is 26.0. The Morgan fingerprint density at radius 3 is 2.66 bits per heavy atom. The van der Waals surface area contributed by atoms with Crippen LogP contribution >= 0.6 is 0 Å². The number of benzene rings is 2. The third kappa shape index (κ3) is 5.19. The Morgan fingerprint density at radius 2 is 1.86 bits per heavy atom. The van der Waals surface area contributed by atoms with E-state index in [9.17, 15) is 9.59 Å². The van der Waals surface area contributed by atoms with Gasteiger partial charge in [-0.05, 0) is 55.7 Å². The van der Waals surface area contributed by atoms with Gasteiger partial charge in [0.1, 0.15) is 5.75 Å². The summed E-state index contributed by atoms with van der Waals surface area (Å²) in [6, 6.07) is 11.2. The molecule has 2 aromatic carbocycles. The number of carbonyl (C=O) groups is 2. The van der Waals surface area contributed by atoms with Crippen LogP contribution in [0.4, 0.5) is 0 Å². The van der Waals surface area contributed by atoms with Crippen LogP contribution in [-0.4, -0.2) is 43.3 Å². The number of nitrogens with zero attached hydrogens (tertiary/aromatic N) is 1. The molecule has 0 aromatic heterocycles. The summed E-state index contributed by atoms with van der Waals surface area (Å²) in [6.07, 6.45) is 0. The fourth-order valence-corrected chi connectivity index (χ4v) is 2.93. The Bertz CT molecular complexity index is 895. The zero-order valence-electron chi connectivity index (χ0n) is 16.9. The number of rotatable bonds is 8. The van der Waals surface area contributed by atoms with E-state index in [0.717, 1.165) is 16.7 Å². The third-order valence-electron chi connectivity index (χ3n) is 4.80. The first-order valence-electron chi connectivity index (χ1n) is 9.49. The number of aryl methyl sites for hydroxylation is 1. The van der Waals surface area contributed by atoms with Crippen molar-refractivity contribution in [1.82, 2.24) is 4.90 Å². The lowest BCUT2D eigenvalue weighted by atomic mass is 10.1. The molecule has 0 atom stereocenters. The summed E-state index contributed by atoms with van der Waals surface area (Å²) in [7, 11) is 0. The second-order valence-electron chi connectivity index (χ2n) is 6.74. The summed E-state index contributed by atoms with van der Waals surface area (Å²) < 4.78 is 21.3. The largest absolute Gasteiger partial charge is 0.482 e. The van der Waals surface area contributed by atoms with E-state index in [1.54, 1.807) is 11.0 Å². The molecule has 154 valence electrons. The van der Waals surface area contributed by atoms with E-state index in [2.05, 4.69) is 0 Å². The van der Waals surface area contributed by atoms with E-state index >= 15 is 0 Å². The molecule has 0 unspecified atom stereocenters. The molecule has 7 heteroatoms. The molecule has 0 spiro atoms. The summed E-state index contributed by atoms with van der Waals surface area (Å²) in [5.74, 6) is 1.14. The van der Waals surface area contributed by atoms with Gasteiger partial charge in [0.2, 0.25) is 6.79 Å². The molecule has 0 N–H and O–H groups in total. The molecule has 1 aliphatic heterocycles. The van der Waals surface area contributed by atoms with Gasteiger partial charge in [-0.15, -0.1) is 0 Å². The van der Waals surface area contributed by atoms with E-state index in [4.69, 9.17) is 18.9 Å².